The van der Waals surface area contributed by atoms with E-state index in [1.165, 1.54) is 0 Å². The van der Waals surface area contributed by atoms with Crippen LogP contribution in [0.3, 0.4) is 0 Å². The van der Waals surface area contributed by atoms with Crippen LogP contribution >= 0.6 is 0 Å². The minimum Gasteiger partial charge on any atom is -0.507 e. The molecule has 0 spiro atoms. The number of aromatic hydroxyl groups is 1. The highest BCUT2D eigenvalue weighted by atomic mass is 19.2. The number of nitrogen functional groups attached to an aromatic ring is 1. The van der Waals surface area contributed by atoms with Crippen LogP contribution in [0.1, 0.15) is 0 Å². The number of halogens is 10. The molecule has 0 saturated carbocycles. The summed E-state index contributed by atoms with van der Waals surface area (Å²) >= 11 is 0. The van der Waals surface area contributed by atoms with Crippen LogP contribution in [-0.4, -0.2) is 5.11 Å². The molecule has 0 aliphatic heterocycles. The summed E-state index contributed by atoms with van der Waals surface area (Å²) in [5.74, 6) is -26.0. The SMILES string of the molecule is Nc1cc(-c2c(F)c(F)c(F)c(F)c2F)c(O)c(-c2c(F)c(F)c(F)c(F)c2F)c1. The van der Waals surface area contributed by atoms with Gasteiger partial charge in [-0.25, -0.2) is 43.9 Å². The van der Waals surface area contributed by atoms with E-state index in [4.69, 9.17) is 5.73 Å². The molecule has 0 unspecified atom stereocenters. The number of nitrogens with two attached hydrogens (primary N) is 1. The van der Waals surface area contributed by atoms with Crippen molar-refractivity contribution in [2.75, 3.05) is 5.73 Å². The highest BCUT2D eigenvalue weighted by Crippen LogP contribution is 2.45. The Bertz CT molecular complexity index is 1080. The van der Waals surface area contributed by atoms with Gasteiger partial charge in [0.15, 0.2) is 46.5 Å². The smallest absolute Gasteiger partial charge is 0.200 e. The van der Waals surface area contributed by atoms with E-state index in [0.29, 0.717) is 12.1 Å². The van der Waals surface area contributed by atoms with Crippen LogP contribution in [0.2, 0.25) is 0 Å². The quantitative estimate of drug-likeness (QED) is 0.176. The van der Waals surface area contributed by atoms with Crippen LogP contribution in [0.5, 0.6) is 5.75 Å². The van der Waals surface area contributed by atoms with Crippen molar-refractivity contribution in [3.63, 3.8) is 0 Å². The number of rotatable bonds is 2. The minimum atomic E-state index is -2.53. The molecular formula is C18H5F10NO. The molecule has 3 aromatic rings. The van der Waals surface area contributed by atoms with Gasteiger partial charge in [-0.2, -0.15) is 0 Å². The van der Waals surface area contributed by atoms with E-state index in [-0.39, 0.29) is 0 Å². The Morgan fingerprint density at radius 3 is 0.967 bits per heavy atom. The van der Waals surface area contributed by atoms with E-state index in [2.05, 4.69) is 0 Å². The first-order chi connectivity index (χ1) is 13.9. The van der Waals surface area contributed by atoms with Crippen molar-refractivity contribution in [2.24, 2.45) is 0 Å². The molecule has 0 atom stereocenters. The first-order valence-corrected chi connectivity index (χ1v) is 7.56. The van der Waals surface area contributed by atoms with E-state index in [9.17, 15) is 49.0 Å². The van der Waals surface area contributed by atoms with Crippen molar-refractivity contribution in [3.05, 3.63) is 70.3 Å². The maximum absolute atomic E-state index is 14.1. The molecule has 0 aliphatic rings. The Morgan fingerprint density at radius 1 is 0.467 bits per heavy atom. The fraction of sp³-hybridized carbons (Fsp3) is 0. The zero-order chi connectivity index (χ0) is 22.7. The van der Waals surface area contributed by atoms with Gasteiger partial charge < -0.3 is 10.8 Å². The van der Waals surface area contributed by atoms with Gasteiger partial charge in [0, 0.05) is 16.8 Å². The van der Waals surface area contributed by atoms with E-state index >= 15 is 0 Å². The van der Waals surface area contributed by atoms with Gasteiger partial charge in [0.2, 0.25) is 11.6 Å². The lowest BCUT2D eigenvalue weighted by atomic mass is 9.94. The molecule has 0 aromatic heterocycles. The fourth-order valence-electron chi connectivity index (χ4n) is 2.72. The summed E-state index contributed by atoms with van der Waals surface area (Å²) in [5, 5.41) is 10.2. The van der Waals surface area contributed by atoms with Gasteiger partial charge >= 0.3 is 0 Å². The summed E-state index contributed by atoms with van der Waals surface area (Å²) in [6.07, 6.45) is 0. The molecule has 0 saturated heterocycles. The topological polar surface area (TPSA) is 46.2 Å². The van der Waals surface area contributed by atoms with Crippen molar-refractivity contribution in [1.82, 2.24) is 0 Å². The van der Waals surface area contributed by atoms with Gasteiger partial charge in [0.05, 0.1) is 11.1 Å². The molecule has 0 amide bonds. The van der Waals surface area contributed by atoms with Gasteiger partial charge in [-0.05, 0) is 12.1 Å². The Hall–Kier alpha value is -3.44. The van der Waals surface area contributed by atoms with Crippen molar-refractivity contribution >= 4 is 5.69 Å². The van der Waals surface area contributed by atoms with Gasteiger partial charge in [-0.15, -0.1) is 0 Å². The highest BCUT2D eigenvalue weighted by Gasteiger charge is 2.32. The second-order valence-electron chi connectivity index (χ2n) is 5.85. The molecule has 158 valence electrons. The molecular weight excluding hydrogens is 436 g/mol. The lowest BCUT2D eigenvalue weighted by Gasteiger charge is -2.15. The average Bonchev–Trinajstić information content (AvgIpc) is 2.71. The van der Waals surface area contributed by atoms with Crippen LogP contribution in [0, 0.1) is 58.2 Å². The normalized spacial score (nSPS) is 11.3. The summed E-state index contributed by atoms with van der Waals surface area (Å²) in [6.45, 7) is 0. The largest absolute Gasteiger partial charge is 0.507 e. The summed E-state index contributed by atoms with van der Waals surface area (Å²) < 4.78 is 137. The molecule has 3 N–H and O–H groups in total. The third-order valence-corrected chi connectivity index (χ3v) is 4.09. The second kappa shape index (κ2) is 7.11. The number of benzene rings is 3. The van der Waals surface area contributed by atoms with Crippen molar-refractivity contribution < 1.29 is 49.0 Å². The Labute approximate surface area is 159 Å². The Morgan fingerprint density at radius 2 is 0.700 bits per heavy atom. The number of hydrogen-bond donors (Lipinski definition) is 2. The summed E-state index contributed by atoms with van der Waals surface area (Å²) in [6, 6.07) is 0.951. The van der Waals surface area contributed by atoms with Gasteiger partial charge in [0.1, 0.15) is 5.75 Å². The maximum Gasteiger partial charge on any atom is 0.200 e. The van der Waals surface area contributed by atoms with E-state index < -0.39 is 91.9 Å². The molecule has 3 rings (SSSR count). The van der Waals surface area contributed by atoms with Crippen LogP contribution in [0.4, 0.5) is 49.6 Å². The zero-order valence-electron chi connectivity index (χ0n) is 14.0. The zero-order valence-corrected chi connectivity index (χ0v) is 14.0. The van der Waals surface area contributed by atoms with Gasteiger partial charge in [0.25, 0.3) is 0 Å². The molecule has 0 aliphatic carbocycles. The molecule has 0 bridgehead atoms. The van der Waals surface area contributed by atoms with Gasteiger partial charge in [-0.3, -0.25) is 0 Å². The number of phenolic OH excluding ortho intramolecular Hbond substituents is 1. The molecule has 0 heterocycles. The standard InChI is InChI=1S/C18H5F10NO/c19-8-6(9(20)13(24)16(27)12(8)23)4-1-3(29)2-5(18(4)30)7-10(21)14(25)17(28)15(26)11(7)22/h1-2,30H,29H2. The van der Waals surface area contributed by atoms with Crippen LogP contribution < -0.4 is 5.73 Å². The Balaban J connectivity index is 2.46. The highest BCUT2D eigenvalue weighted by molar-refractivity contribution is 5.86. The van der Waals surface area contributed by atoms with Gasteiger partial charge in [-0.1, -0.05) is 0 Å². The lowest BCUT2D eigenvalue weighted by Crippen LogP contribution is -2.06. The predicted molar refractivity (Wildman–Crippen MR) is 83.0 cm³/mol. The van der Waals surface area contributed by atoms with E-state index in [0.717, 1.165) is 0 Å². The lowest BCUT2D eigenvalue weighted by molar-refractivity contribution is 0.379. The predicted octanol–water partition coefficient (Wildman–Crippen LogP) is 5.70. The molecule has 30 heavy (non-hydrogen) atoms. The molecule has 0 fully saturated rings. The van der Waals surface area contributed by atoms with Crippen molar-refractivity contribution in [1.29, 1.82) is 0 Å². The Kier molecular flexibility index (Phi) is 5.04. The molecule has 12 heteroatoms. The van der Waals surface area contributed by atoms with Crippen LogP contribution in [0.25, 0.3) is 22.3 Å². The molecule has 2 nitrogen and oxygen atoms in total. The number of anilines is 1. The van der Waals surface area contributed by atoms with E-state index in [1.807, 2.05) is 0 Å². The van der Waals surface area contributed by atoms with Crippen LogP contribution in [0.15, 0.2) is 12.1 Å². The third kappa shape index (κ3) is 2.90. The summed E-state index contributed by atoms with van der Waals surface area (Å²) in [5.41, 5.74) is -1.25. The minimum absolute atomic E-state index is 0.475. The second-order valence-corrected chi connectivity index (χ2v) is 5.85. The number of hydrogen-bond acceptors (Lipinski definition) is 2. The third-order valence-electron chi connectivity index (χ3n) is 4.09. The molecule has 3 aromatic carbocycles. The first kappa shape index (κ1) is 21.3. The molecule has 0 radical (unpaired) electrons. The fourth-order valence-corrected chi connectivity index (χ4v) is 2.72. The van der Waals surface area contributed by atoms with Crippen molar-refractivity contribution in [2.45, 2.75) is 0 Å². The number of phenols is 1. The summed E-state index contributed by atoms with van der Waals surface area (Å²) in [7, 11) is 0. The first-order valence-electron chi connectivity index (χ1n) is 7.56. The maximum atomic E-state index is 14.1. The van der Waals surface area contributed by atoms with Crippen molar-refractivity contribution in [3.8, 4) is 28.0 Å². The summed E-state index contributed by atoms with van der Waals surface area (Å²) in [4.78, 5) is 0. The monoisotopic (exact) mass is 441 g/mol. The van der Waals surface area contributed by atoms with Crippen LogP contribution in [-0.2, 0) is 0 Å². The van der Waals surface area contributed by atoms with E-state index in [1.54, 1.807) is 0 Å². The average molecular weight is 441 g/mol.